The Balaban J connectivity index is 3.02. The molecule has 0 aliphatic carbocycles. The lowest BCUT2D eigenvalue weighted by Crippen LogP contribution is -2.18. The zero-order chi connectivity index (χ0) is 11.4. The molecule has 1 rings (SSSR count). The van der Waals surface area contributed by atoms with Crippen molar-refractivity contribution in [2.75, 3.05) is 5.32 Å². The topological polar surface area (TPSA) is 38.0 Å². The van der Waals surface area contributed by atoms with E-state index in [1.54, 1.807) is 6.07 Å². The minimum atomic E-state index is 0.372. The monoisotopic (exact) mass is 242 g/mol. The van der Waals surface area contributed by atoms with Crippen molar-refractivity contribution in [1.29, 1.82) is 0 Å². The Kier molecular flexibility index (Phi) is 4.36. The quantitative estimate of drug-likeness (QED) is 0.797. The molecule has 3 N–H and O–H groups in total. The van der Waals surface area contributed by atoms with Crippen LogP contribution in [0, 0.1) is 0 Å². The van der Waals surface area contributed by atoms with E-state index in [9.17, 15) is 0 Å². The van der Waals surface area contributed by atoms with Gasteiger partial charge in [0, 0.05) is 22.3 Å². The fourth-order valence-electron chi connectivity index (χ4n) is 1.22. The molecule has 0 heterocycles. The maximum atomic E-state index is 5.92. The number of anilines is 1. The minimum Gasteiger partial charge on any atom is -0.389 e. The minimum absolute atomic E-state index is 0.372. The standard InChI is InChI=1S/C11H15ClN2S/c1-3-7(2)14-10-6-8(12)4-5-9(10)11(13)15/h4-7,14H,3H2,1-2H3,(H2,13,15). The average molecular weight is 243 g/mol. The van der Waals surface area contributed by atoms with Crippen LogP contribution in [0.15, 0.2) is 18.2 Å². The first-order valence-electron chi connectivity index (χ1n) is 4.90. The lowest BCUT2D eigenvalue weighted by molar-refractivity contribution is 0.764. The van der Waals surface area contributed by atoms with Crippen LogP contribution in [0.1, 0.15) is 25.8 Å². The van der Waals surface area contributed by atoms with Crippen LogP contribution in [-0.2, 0) is 0 Å². The molecule has 1 aromatic carbocycles. The van der Waals surface area contributed by atoms with Crippen molar-refractivity contribution in [2.24, 2.45) is 5.73 Å². The van der Waals surface area contributed by atoms with Gasteiger partial charge in [0.2, 0.25) is 0 Å². The molecule has 0 saturated carbocycles. The predicted octanol–water partition coefficient (Wildman–Crippen LogP) is 3.18. The molecule has 0 aliphatic rings. The van der Waals surface area contributed by atoms with E-state index in [1.807, 2.05) is 12.1 Å². The molecule has 82 valence electrons. The van der Waals surface area contributed by atoms with Crippen molar-refractivity contribution < 1.29 is 0 Å². The number of hydrogen-bond donors (Lipinski definition) is 2. The highest BCUT2D eigenvalue weighted by Crippen LogP contribution is 2.22. The summed E-state index contributed by atoms with van der Waals surface area (Å²) in [5.74, 6) is 0. The van der Waals surface area contributed by atoms with E-state index in [0.717, 1.165) is 17.7 Å². The molecular weight excluding hydrogens is 228 g/mol. The molecular formula is C11H15ClN2S. The summed E-state index contributed by atoms with van der Waals surface area (Å²) in [6.45, 7) is 4.22. The van der Waals surface area contributed by atoms with Crippen LogP contribution in [0.4, 0.5) is 5.69 Å². The van der Waals surface area contributed by atoms with Gasteiger partial charge in [-0.05, 0) is 31.5 Å². The third-order valence-electron chi connectivity index (χ3n) is 2.26. The Labute approximate surface area is 101 Å². The summed E-state index contributed by atoms with van der Waals surface area (Å²) in [6, 6.07) is 5.85. The second kappa shape index (κ2) is 5.33. The van der Waals surface area contributed by atoms with Crippen molar-refractivity contribution in [1.82, 2.24) is 0 Å². The molecule has 1 aromatic rings. The number of rotatable bonds is 4. The number of benzene rings is 1. The van der Waals surface area contributed by atoms with Crippen LogP contribution in [0.2, 0.25) is 5.02 Å². The van der Waals surface area contributed by atoms with Crippen LogP contribution in [-0.4, -0.2) is 11.0 Å². The fraction of sp³-hybridized carbons (Fsp3) is 0.364. The van der Waals surface area contributed by atoms with Crippen molar-refractivity contribution in [3.8, 4) is 0 Å². The van der Waals surface area contributed by atoms with Crippen LogP contribution >= 0.6 is 23.8 Å². The molecule has 4 heteroatoms. The molecule has 15 heavy (non-hydrogen) atoms. The highest BCUT2D eigenvalue weighted by atomic mass is 35.5. The van der Waals surface area contributed by atoms with Crippen molar-refractivity contribution in [3.05, 3.63) is 28.8 Å². The highest BCUT2D eigenvalue weighted by Gasteiger charge is 2.07. The van der Waals surface area contributed by atoms with Gasteiger partial charge in [0.1, 0.15) is 4.99 Å². The first-order chi connectivity index (χ1) is 7.04. The van der Waals surface area contributed by atoms with Crippen molar-refractivity contribution in [3.63, 3.8) is 0 Å². The zero-order valence-electron chi connectivity index (χ0n) is 8.88. The second-order valence-electron chi connectivity index (χ2n) is 3.51. The van der Waals surface area contributed by atoms with E-state index < -0.39 is 0 Å². The second-order valence-corrected chi connectivity index (χ2v) is 4.38. The van der Waals surface area contributed by atoms with Gasteiger partial charge in [0.05, 0.1) is 0 Å². The fourth-order valence-corrected chi connectivity index (χ4v) is 1.57. The molecule has 1 unspecified atom stereocenters. The molecule has 0 radical (unpaired) electrons. The Morgan fingerprint density at radius 1 is 1.60 bits per heavy atom. The third-order valence-corrected chi connectivity index (χ3v) is 2.72. The van der Waals surface area contributed by atoms with Gasteiger partial charge in [-0.15, -0.1) is 0 Å². The van der Waals surface area contributed by atoms with E-state index >= 15 is 0 Å². The van der Waals surface area contributed by atoms with Gasteiger partial charge in [0.15, 0.2) is 0 Å². The Hall–Kier alpha value is -0.800. The van der Waals surface area contributed by atoms with Crippen molar-refractivity contribution in [2.45, 2.75) is 26.3 Å². The van der Waals surface area contributed by atoms with Gasteiger partial charge in [0.25, 0.3) is 0 Å². The van der Waals surface area contributed by atoms with E-state index in [1.165, 1.54) is 0 Å². The number of nitrogens with one attached hydrogen (secondary N) is 1. The van der Waals surface area contributed by atoms with E-state index in [2.05, 4.69) is 19.2 Å². The molecule has 2 nitrogen and oxygen atoms in total. The lowest BCUT2D eigenvalue weighted by Gasteiger charge is -2.16. The average Bonchev–Trinajstić information content (AvgIpc) is 2.17. The van der Waals surface area contributed by atoms with Gasteiger partial charge >= 0.3 is 0 Å². The Morgan fingerprint density at radius 3 is 2.80 bits per heavy atom. The summed E-state index contributed by atoms with van der Waals surface area (Å²) >= 11 is 10.9. The molecule has 0 spiro atoms. The summed E-state index contributed by atoms with van der Waals surface area (Å²) in [5.41, 5.74) is 7.38. The first kappa shape index (κ1) is 12.3. The molecule has 0 aliphatic heterocycles. The Morgan fingerprint density at radius 2 is 2.27 bits per heavy atom. The lowest BCUT2D eigenvalue weighted by atomic mass is 10.1. The molecule has 0 saturated heterocycles. The van der Waals surface area contributed by atoms with Gasteiger partial charge in [-0.1, -0.05) is 30.7 Å². The SMILES string of the molecule is CCC(C)Nc1cc(Cl)ccc1C(N)=S. The third kappa shape index (κ3) is 3.36. The summed E-state index contributed by atoms with van der Waals surface area (Å²) in [4.78, 5) is 0.387. The van der Waals surface area contributed by atoms with E-state index in [-0.39, 0.29) is 0 Å². The Bertz CT molecular complexity index is 366. The maximum Gasteiger partial charge on any atom is 0.106 e. The normalized spacial score (nSPS) is 12.2. The highest BCUT2D eigenvalue weighted by molar-refractivity contribution is 7.80. The number of thiocarbonyl (C=S) groups is 1. The number of hydrogen-bond acceptors (Lipinski definition) is 2. The summed E-state index contributed by atoms with van der Waals surface area (Å²) < 4.78 is 0. The van der Waals surface area contributed by atoms with Gasteiger partial charge in [-0.3, -0.25) is 0 Å². The maximum absolute atomic E-state index is 5.92. The van der Waals surface area contributed by atoms with Gasteiger partial charge < -0.3 is 11.1 Å². The molecule has 0 fully saturated rings. The summed E-state index contributed by atoms with van der Waals surface area (Å²) in [6.07, 6.45) is 1.03. The largest absolute Gasteiger partial charge is 0.389 e. The smallest absolute Gasteiger partial charge is 0.106 e. The van der Waals surface area contributed by atoms with Crippen LogP contribution in [0.5, 0.6) is 0 Å². The molecule has 0 amide bonds. The van der Waals surface area contributed by atoms with Gasteiger partial charge in [-0.2, -0.15) is 0 Å². The number of nitrogens with two attached hydrogens (primary N) is 1. The zero-order valence-corrected chi connectivity index (χ0v) is 10.5. The van der Waals surface area contributed by atoms with E-state index in [4.69, 9.17) is 29.6 Å². The van der Waals surface area contributed by atoms with Crippen molar-refractivity contribution >= 4 is 34.5 Å². The van der Waals surface area contributed by atoms with Gasteiger partial charge in [-0.25, -0.2) is 0 Å². The van der Waals surface area contributed by atoms with Crippen LogP contribution in [0.3, 0.4) is 0 Å². The van der Waals surface area contributed by atoms with Crippen LogP contribution < -0.4 is 11.1 Å². The predicted molar refractivity (Wildman–Crippen MR) is 70.7 cm³/mol. The number of halogens is 1. The molecule has 0 aromatic heterocycles. The summed E-state index contributed by atoms with van der Waals surface area (Å²) in [5, 5.41) is 4.01. The molecule has 0 bridgehead atoms. The van der Waals surface area contributed by atoms with E-state index in [0.29, 0.717) is 16.1 Å². The first-order valence-corrected chi connectivity index (χ1v) is 5.69. The summed E-state index contributed by atoms with van der Waals surface area (Å²) in [7, 11) is 0. The molecule has 1 atom stereocenters. The van der Waals surface area contributed by atoms with Crippen LogP contribution in [0.25, 0.3) is 0 Å².